The molecule has 0 bridgehead atoms. The minimum absolute atomic E-state index is 0.781. The van der Waals surface area contributed by atoms with Gasteiger partial charge < -0.3 is 9.47 Å². The lowest BCUT2D eigenvalue weighted by Gasteiger charge is -2.20. The normalized spacial score (nSPS) is 11.6. The molecule has 0 fully saturated rings. The fraction of sp³-hybridized carbons (Fsp3) is 0.0526. The van der Waals surface area contributed by atoms with Crippen molar-refractivity contribution >= 4 is 63.0 Å². The van der Waals surface area contributed by atoms with Crippen LogP contribution in [0.3, 0.4) is 0 Å². The van der Waals surface area contributed by atoms with Crippen molar-refractivity contribution in [3.8, 4) is 44.9 Å². The minimum Gasteiger partial charge on any atom is -0.496 e. The Morgan fingerprint density at radius 3 is 1.36 bits per heavy atom. The Kier molecular flexibility index (Phi) is 5.99. The molecular formula is C38H24O2S2. The second kappa shape index (κ2) is 10.0. The van der Waals surface area contributed by atoms with Gasteiger partial charge in [-0.1, -0.05) is 72.8 Å². The molecule has 4 heteroatoms. The second-order valence-corrected chi connectivity index (χ2v) is 12.4. The van der Waals surface area contributed by atoms with Crippen molar-refractivity contribution in [2.45, 2.75) is 0 Å². The van der Waals surface area contributed by atoms with Crippen LogP contribution in [0.5, 0.6) is 11.5 Å². The van der Waals surface area contributed by atoms with E-state index in [4.69, 9.17) is 9.47 Å². The molecule has 0 N–H and O–H groups in total. The molecule has 0 aliphatic rings. The summed E-state index contributed by atoms with van der Waals surface area (Å²) in [4.78, 5) is 0. The number of hydrogen-bond donors (Lipinski definition) is 0. The van der Waals surface area contributed by atoms with Crippen molar-refractivity contribution in [3.05, 3.63) is 121 Å². The summed E-state index contributed by atoms with van der Waals surface area (Å²) in [5.41, 5.74) is 6.07. The average molecular weight is 577 g/mol. The zero-order valence-corrected chi connectivity index (χ0v) is 24.7. The molecule has 2 nitrogen and oxygen atoms in total. The van der Waals surface area contributed by atoms with Crippen molar-refractivity contribution < 1.29 is 9.47 Å². The Hall–Kier alpha value is -4.64. The van der Waals surface area contributed by atoms with Crippen LogP contribution in [0, 0.1) is 12.1 Å². The van der Waals surface area contributed by atoms with E-state index in [0.29, 0.717) is 0 Å². The van der Waals surface area contributed by atoms with E-state index in [0.717, 1.165) is 55.7 Å². The maximum absolute atomic E-state index is 6.03. The number of hydrogen-bond acceptors (Lipinski definition) is 4. The van der Waals surface area contributed by atoms with E-state index in [9.17, 15) is 0 Å². The van der Waals surface area contributed by atoms with Crippen LogP contribution in [-0.4, -0.2) is 14.2 Å². The van der Waals surface area contributed by atoms with Gasteiger partial charge in [0.1, 0.15) is 11.5 Å². The Balaban J connectivity index is 1.40. The summed E-state index contributed by atoms with van der Waals surface area (Å²) in [6.07, 6.45) is 0. The third kappa shape index (κ3) is 3.91. The molecule has 0 amide bonds. The summed E-state index contributed by atoms with van der Waals surface area (Å²) < 4.78 is 17.1. The number of thiophene rings is 2. The number of fused-ring (bicyclic) bond motifs is 6. The molecule has 42 heavy (non-hydrogen) atoms. The van der Waals surface area contributed by atoms with Crippen molar-refractivity contribution in [3.63, 3.8) is 0 Å². The first-order valence-corrected chi connectivity index (χ1v) is 15.4. The summed E-state index contributed by atoms with van der Waals surface area (Å²) in [6.45, 7) is 0. The molecule has 2 aromatic heterocycles. The summed E-state index contributed by atoms with van der Waals surface area (Å²) in [7, 11) is 3.46. The predicted molar refractivity (Wildman–Crippen MR) is 179 cm³/mol. The fourth-order valence-corrected chi connectivity index (χ4v) is 8.10. The van der Waals surface area contributed by atoms with Crippen LogP contribution in [0.25, 0.3) is 73.7 Å². The molecule has 8 aromatic rings. The van der Waals surface area contributed by atoms with Crippen LogP contribution in [0.15, 0.2) is 109 Å². The molecule has 0 atom stereocenters. The highest BCUT2D eigenvalue weighted by molar-refractivity contribution is 7.26. The van der Waals surface area contributed by atoms with Gasteiger partial charge in [-0.3, -0.25) is 0 Å². The third-order valence-corrected chi connectivity index (χ3v) is 10.2. The molecule has 2 heterocycles. The van der Waals surface area contributed by atoms with Crippen LogP contribution >= 0.6 is 22.7 Å². The van der Waals surface area contributed by atoms with Crippen LogP contribution in [-0.2, 0) is 0 Å². The molecular weight excluding hydrogens is 553 g/mol. The first-order valence-electron chi connectivity index (χ1n) is 13.8. The summed E-state index contributed by atoms with van der Waals surface area (Å²) in [5, 5.41) is 4.75. The van der Waals surface area contributed by atoms with Gasteiger partial charge in [0.15, 0.2) is 0 Å². The molecule has 0 aliphatic carbocycles. The van der Waals surface area contributed by atoms with E-state index < -0.39 is 0 Å². The topological polar surface area (TPSA) is 18.5 Å². The highest BCUT2D eigenvalue weighted by atomic mass is 32.1. The zero-order chi connectivity index (χ0) is 28.2. The Bertz CT molecular complexity index is 2130. The fourth-order valence-electron chi connectivity index (χ4n) is 5.97. The number of rotatable bonds is 5. The molecule has 0 spiro atoms. The standard InChI is InChI=1S/C38H24O2S2/c1-39-31-13-7-11-25(23-17-19-35-29(21-23)27-9-3-5-15-33(27)41-35)37(31)38-26(12-8-14-32(38)40-2)24-18-20-36-30(22-24)28-10-4-6-16-34(28)42-36/h3-20H,1-2H3. The van der Waals surface area contributed by atoms with E-state index in [2.05, 4.69) is 97.1 Å². The van der Waals surface area contributed by atoms with E-state index in [-0.39, 0.29) is 0 Å². The predicted octanol–water partition coefficient (Wildman–Crippen LogP) is 11.0. The lowest BCUT2D eigenvalue weighted by molar-refractivity contribution is 0.410. The van der Waals surface area contributed by atoms with Crippen LogP contribution in [0.2, 0.25) is 0 Å². The van der Waals surface area contributed by atoms with Crippen molar-refractivity contribution in [1.82, 2.24) is 0 Å². The monoisotopic (exact) mass is 576 g/mol. The van der Waals surface area contributed by atoms with E-state index >= 15 is 0 Å². The van der Waals surface area contributed by atoms with Gasteiger partial charge in [0.05, 0.1) is 14.2 Å². The van der Waals surface area contributed by atoms with Crippen LogP contribution in [0.4, 0.5) is 0 Å². The van der Waals surface area contributed by atoms with Gasteiger partial charge >= 0.3 is 0 Å². The third-order valence-electron chi connectivity index (χ3n) is 7.89. The highest BCUT2D eigenvalue weighted by Gasteiger charge is 2.22. The number of ether oxygens (including phenoxy) is 2. The molecule has 0 saturated heterocycles. The first kappa shape index (κ1) is 25.1. The quantitative estimate of drug-likeness (QED) is 0.203. The summed E-state index contributed by atoms with van der Waals surface area (Å²) in [6, 6.07) is 45.8. The first-order chi connectivity index (χ1) is 20.7. The molecule has 0 saturated carbocycles. The Morgan fingerprint density at radius 2 is 0.905 bits per heavy atom. The van der Waals surface area contributed by atoms with Gasteiger partial charge in [0, 0.05) is 63.6 Å². The molecule has 0 unspecified atom stereocenters. The maximum Gasteiger partial charge on any atom is 0.127 e. The van der Waals surface area contributed by atoms with Gasteiger partial charge in [0.2, 0.25) is 0 Å². The number of methoxy groups -OCH3 is 2. The molecule has 6 aromatic carbocycles. The average Bonchev–Trinajstić information content (AvgIpc) is 3.61. The molecule has 2 radical (unpaired) electrons. The molecule has 0 aliphatic heterocycles. The smallest absolute Gasteiger partial charge is 0.127 e. The lowest BCUT2D eigenvalue weighted by atomic mass is 9.87. The second-order valence-electron chi connectivity index (χ2n) is 10.2. The van der Waals surface area contributed by atoms with Gasteiger partial charge in [-0.25, -0.2) is 0 Å². The van der Waals surface area contributed by atoms with Crippen molar-refractivity contribution in [2.75, 3.05) is 14.2 Å². The zero-order valence-electron chi connectivity index (χ0n) is 23.0. The van der Waals surface area contributed by atoms with Gasteiger partial charge in [-0.05, 0) is 58.7 Å². The van der Waals surface area contributed by atoms with E-state index in [1.54, 1.807) is 36.9 Å². The highest BCUT2D eigenvalue weighted by Crippen LogP contribution is 2.49. The largest absolute Gasteiger partial charge is 0.496 e. The SMILES string of the molecule is COc1cccc(-c2[c]c3c(cc2)sc2ccccc23)c1-c1c(OC)cccc1-c1[c]c2c(cc1)sc1ccccc12. The number of benzene rings is 6. The lowest BCUT2D eigenvalue weighted by Crippen LogP contribution is -1.97. The Morgan fingerprint density at radius 1 is 0.452 bits per heavy atom. The summed E-state index contributed by atoms with van der Waals surface area (Å²) in [5.74, 6) is 1.56. The van der Waals surface area contributed by atoms with E-state index in [1.807, 2.05) is 24.3 Å². The molecule has 8 rings (SSSR count). The molecule has 200 valence electrons. The van der Waals surface area contributed by atoms with Gasteiger partial charge in [0.25, 0.3) is 0 Å². The van der Waals surface area contributed by atoms with Crippen LogP contribution < -0.4 is 9.47 Å². The Labute approximate surface area is 252 Å². The maximum atomic E-state index is 6.03. The van der Waals surface area contributed by atoms with Gasteiger partial charge in [-0.15, -0.1) is 22.7 Å². The van der Waals surface area contributed by atoms with Crippen molar-refractivity contribution in [1.29, 1.82) is 0 Å². The van der Waals surface area contributed by atoms with Crippen molar-refractivity contribution in [2.24, 2.45) is 0 Å². The van der Waals surface area contributed by atoms with Gasteiger partial charge in [-0.2, -0.15) is 0 Å². The van der Waals surface area contributed by atoms with E-state index in [1.165, 1.54) is 29.6 Å². The summed E-state index contributed by atoms with van der Waals surface area (Å²) >= 11 is 3.61. The van der Waals surface area contributed by atoms with Crippen LogP contribution in [0.1, 0.15) is 0 Å². The minimum atomic E-state index is 0.781.